The molecule has 0 atom stereocenters. The first kappa shape index (κ1) is 10.3. The largest absolute Gasteiger partial charge is 0.294 e. The van der Waals surface area contributed by atoms with Gasteiger partial charge in [0.15, 0.2) is 0 Å². The summed E-state index contributed by atoms with van der Waals surface area (Å²) in [7, 11) is -4.26. The third-order valence-electron chi connectivity index (χ3n) is 1.24. The minimum absolute atomic E-state index is 0.0487. The highest BCUT2D eigenvalue weighted by molar-refractivity contribution is 9.10. The molecule has 0 bridgehead atoms. The number of hydrogen-bond donors (Lipinski definition) is 1. The maximum Gasteiger partial charge on any atom is 0.294 e. The fourth-order valence-corrected chi connectivity index (χ4v) is 1.72. The van der Waals surface area contributed by atoms with Crippen molar-refractivity contribution >= 4 is 31.7 Å². The van der Waals surface area contributed by atoms with Crippen molar-refractivity contribution in [2.45, 2.75) is 4.90 Å². The van der Waals surface area contributed by atoms with Crippen LogP contribution in [0, 0.1) is 11.0 Å². The zero-order chi connectivity index (χ0) is 10.1. The second-order valence-electron chi connectivity index (χ2n) is 2.10. The molecular weight excluding hydrogens is 262 g/mol. The van der Waals surface area contributed by atoms with E-state index in [0.29, 0.717) is 0 Å². The molecule has 0 saturated heterocycles. The van der Waals surface area contributed by atoms with Gasteiger partial charge in [0, 0.05) is 10.5 Å². The minimum Gasteiger partial charge on any atom is -0.282 e. The summed E-state index contributed by atoms with van der Waals surface area (Å²) in [6.45, 7) is 0. The van der Waals surface area contributed by atoms with E-state index in [0.717, 1.165) is 12.1 Å². The van der Waals surface area contributed by atoms with E-state index in [2.05, 4.69) is 27.2 Å². The first-order valence-electron chi connectivity index (χ1n) is 2.97. The van der Waals surface area contributed by atoms with Gasteiger partial charge in [-0.15, -0.1) is 4.91 Å². The van der Waals surface area contributed by atoms with E-state index >= 15 is 0 Å². The number of halogens is 1. The van der Waals surface area contributed by atoms with Crippen molar-refractivity contribution in [1.82, 2.24) is 0 Å². The smallest absolute Gasteiger partial charge is 0.282 e. The van der Waals surface area contributed by atoms with Gasteiger partial charge in [-0.1, -0.05) is 0 Å². The summed E-state index contributed by atoms with van der Waals surface area (Å²) in [5.41, 5.74) is -0.0487. The monoisotopic (exact) mass is 264 g/mol. The first-order valence-corrected chi connectivity index (χ1v) is 5.20. The molecule has 1 N–H and O–H groups in total. The molecule has 1 rings (SSSR count). The van der Waals surface area contributed by atoms with Crippen LogP contribution in [-0.2, 0) is 10.1 Å². The van der Waals surface area contributed by atoms with Crippen LogP contribution in [0.5, 0.6) is 0 Å². The SMILES string of the molecule is O=Nc1[c]cc(S(=O)(=O)O)cc1Br. The zero-order valence-electron chi connectivity index (χ0n) is 6.06. The molecule has 0 amide bonds. The summed E-state index contributed by atoms with van der Waals surface area (Å²) in [6.07, 6.45) is 0. The molecule has 0 fully saturated rings. The number of benzene rings is 1. The molecule has 0 aliphatic heterocycles. The van der Waals surface area contributed by atoms with Crippen LogP contribution in [0.3, 0.4) is 0 Å². The Labute approximate surface area is 82.6 Å². The summed E-state index contributed by atoms with van der Waals surface area (Å²) in [5, 5.41) is 2.56. The fraction of sp³-hybridized carbons (Fsp3) is 0. The van der Waals surface area contributed by atoms with Gasteiger partial charge in [-0.05, 0) is 33.2 Å². The minimum atomic E-state index is -4.26. The van der Waals surface area contributed by atoms with Crippen molar-refractivity contribution in [3.8, 4) is 0 Å². The second kappa shape index (κ2) is 3.52. The van der Waals surface area contributed by atoms with E-state index in [9.17, 15) is 13.3 Å². The Morgan fingerprint density at radius 3 is 2.54 bits per heavy atom. The normalized spacial score (nSPS) is 11.2. The average Bonchev–Trinajstić information content (AvgIpc) is 2.02. The van der Waals surface area contributed by atoms with Gasteiger partial charge in [0.1, 0.15) is 5.69 Å². The topological polar surface area (TPSA) is 83.8 Å². The van der Waals surface area contributed by atoms with Crippen molar-refractivity contribution in [3.05, 3.63) is 27.6 Å². The van der Waals surface area contributed by atoms with Crippen LogP contribution in [0.4, 0.5) is 5.69 Å². The highest BCUT2D eigenvalue weighted by atomic mass is 79.9. The van der Waals surface area contributed by atoms with Crippen LogP contribution in [0.25, 0.3) is 0 Å². The molecule has 69 valence electrons. The number of nitroso groups, excluding NO2 is 1. The predicted molar refractivity (Wildman–Crippen MR) is 48.2 cm³/mol. The molecule has 0 unspecified atom stereocenters. The maximum atomic E-state index is 10.6. The summed E-state index contributed by atoms with van der Waals surface area (Å²) in [6, 6.07) is 4.34. The molecule has 1 aromatic rings. The van der Waals surface area contributed by atoms with Gasteiger partial charge in [0.2, 0.25) is 0 Å². The van der Waals surface area contributed by atoms with Crippen molar-refractivity contribution < 1.29 is 13.0 Å². The lowest BCUT2D eigenvalue weighted by atomic mass is 10.3. The lowest BCUT2D eigenvalue weighted by Gasteiger charge is -1.97. The van der Waals surface area contributed by atoms with Crippen LogP contribution in [0.15, 0.2) is 26.7 Å². The van der Waals surface area contributed by atoms with Crippen molar-refractivity contribution in [2.24, 2.45) is 5.18 Å². The van der Waals surface area contributed by atoms with E-state index in [1.165, 1.54) is 0 Å². The molecule has 0 aliphatic rings. The Morgan fingerprint density at radius 2 is 2.15 bits per heavy atom. The van der Waals surface area contributed by atoms with Crippen LogP contribution in [-0.4, -0.2) is 13.0 Å². The van der Waals surface area contributed by atoms with Crippen LogP contribution in [0.2, 0.25) is 0 Å². The quantitative estimate of drug-likeness (QED) is 0.653. The van der Waals surface area contributed by atoms with Crippen LogP contribution >= 0.6 is 15.9 Å². The third-order valence-corrected chi connectivity index (χ3v) is 2.67. The molecule has 13 heavy (non-hydrogen) atoms. The van der Waals surface area contributed by atoms with E-state index in [4.69, 9.17) is 4.55 Å². The van der Waals surface area contributed by atoms with Gasteiger partial charge >= 0.3 is 0 Å². The second-order valence-corrected chi connectivity index (χ2v) is 4.37. The Balaban J connectivity index is 3.34. The highest BCUT2D eigenvalue weighted by Crippen LogP contribution is 2.26. The van der Waals surface area contributed by atoms with Crippen molar-refractivity contribution in [2.75, 3.05) is 0 Å². The summed E-state index contributed by atoms with van der Waals surface area (Å²) < 4.78 is 29.9. The molecule has 0 saturated carbocycles. The first-order chi connectivity index (χ1) is 5.95. The van der Waals surface area contributed by atoms with Gasteiger partial charge in [-0.3, -0.25) is 4.55 Å². The summed E-state index contributed by atoms with van der Waals surface area (Å²) in [5.74, 6) is 0. The number of rotatable bonds is 2. The Kier molecular flexibility index (Phi) is 2.79. The van der Waals surface area contributed by atoms with E-state index in [1.807, 2.05) is 0 Å². The number of nitrogens with zero attached hydrogens (tertiary/aromatic N) is 1. The number of hydrogen-bond acceptors (Lipinski definition) is 4. The van der Waals surface area contributed by atoms with Crippen LogP contribution in [0.1, 0.15) is 0 Å². The molecule has 7 heteroatoms. The van der Waals surface area contributed by atoms with Gasteiger partial charge < -0.3 is 0 Å². The Hall–Kier alpha value is -0.790. The molecule has 1 radical (unpaired) electrons. The average molecular weight is 265 g/mol. The highest BCUT2D eigenvalue weighted by Gasteiger charge is 2.11. The summed E-state index contributed by atoms with van der Waals surface area (Å²) >= 11 is 2.90. The standard InChI is InChI=1S/C6H3BrNO4S/c7-5-3-4(13(10,11)12)1-2-6(5)8-9/h1,3H,(H,10,11,12). The zero-order valence-corrected chi connectivity index (χ0v) is 8.46. The fourth-order valence-electron chi connectivity index (χ4n) is 0.662. The molecule has 0 aromatic heterocycles. The molecule has 0 heterocycles. The molecular formula is C6H3BrNO4S. The van der Waals surface area contributed by atoms with Gasteiger partial charge in [-0.2, -0.15) is 8.42 Å². The third kappa shape index (κ3) is 2.33. The van der Waals surface area contributed by atoms with E-state index < -0.39 is 10.1 Å². The molecule has 1 aromatic carbocycles. The van der Waals surface area contributed by atoms with Crippen molar-refractivity contribution in [3.63, 3.8) is 0 Å². The van der Waals surface area contributed by atoms with Crippen molar-refractivity contribution in [1.29, 1.82) is 0 Å². The summed E-state index contributed by atoms with van der Waals surface area (Å²) in [4.78, 5) is 9.72. The van der Waals surface area contributed by atoms with Gasteiger partial charge in [0.05, 0.1) is 4.90 Å². The van der Waals surface area contributed by atoms with E-state index in [1.54, 1.807) is 0 Å². The van der Waals surface area contributed by atoms with Crippen LogP contribution < -0.4 is 0 Å². The predicted octanol–water partition coefficient (Wildman–Crippen LogP) is 1.89. The molecule has 0 aliphatic carbocycles. The van der Waals surface area contributed by atoms with Gasteiger partial charge in [-0.25, -0.2) is 0 Å². The lowest BCUT2D eigenvalue weighted by molar-refractivity contribution is 0.483. The maximum absolute atomic E-state index is 10.6. The molecule has 0 spiro atoms. The Bertz CT molecular complexity index is 442. The van der Waals surface area contributed by atoms with E-state index in [-0.39, 0.29) is 15.1 Å². The lowest BCUT2D eigenvalue weighted by Crippen LogP contribution is -1.97. The van der Waals surface area contributed by atoms with Gasteiger partial charge in [0.25, 0.3) is 10.1 Å². The Morgan fingerprint density at radius 1 is 1.54 bits per heavy atom. The molecule has 5 nitrogen and oxygen atoms in total.